The SMILES string of the molecule is CCCNCc1[nH]c(C(=O)OCC)c(C2CC2)c1-c1ccc(OC)c(OC)c1OC. The van der Waals surface area contributed by atoms with Crippen LogP contribution in [0.5, 0.6) is 17.2 Å². The van der Waals surface area contributed by atoms with Gasteiger partial charge in [-0.05, 0) is 56.3 Å². The van der Waals surface area contributed by atoms with Gasteiger partial charge in [0, 0.05) is 23.4 Å². The van der Waals surface area contributed by atoms with Crippen molar-refractivity contribution in [1.29, 1.82) is 0 Å². The van der Waals surface area contributed by atoms with E-state index in [0.29, 0.717) is 42.0 Å². The third-order valence-corrected chi connectivity index (χ3v) is 5.28. The molecule has 1 fully saturated rings. The molecule has 2 N–H and O–H groups in total. The molecule has 0 unspecified atom stereocenters. The van der Waals surface area contributed by atoms with Crippen molar-refractivity contribution in [2.24, 2.45) is 0 Å². The highest BCUT2D eigenvalue weighted by molar-refractivity contribution is 5.95. The summed E-state index contributed by atoms with van der Waals surface area (Å²) < 4.78 is 22.2. The summed E-state index contributed by atoms with van der Waals surface area (Å²) in [6.07, 6.45) is 3.12. The second-order valence-corrected chi connectivity index (χ2v) is 7.32. The maximum atomic E-state index is 12.8. The quantitative estimate of drug-likeness (QED) is 0.421. The molecule has 164 valence electrons. The van der Waals surface area contributed by atoms with E-state index in [2.05, 4.69) is 17.2 Å². The summed E-state index contributed by atoms with van der Waals surface area (Å²) in [5, 5.41) is 3.44. The van der Waals surface area contributed by atoms with E-state index in [0.717, 1.165) is 48.2 Å². The summed E-state index contributed by atoms with van der Waals surface area (Å²) in [7, 11) is 4.81. The van der Waals surface area contributed by atoms with Gasteiger partial charge in [-0.3, -0.25) is 0 Å². The van der Waals surface area contributed by atoms with Gasteiger partial charge >= 0.3 is 5.97 Å². The van der Waals surface area contributed by atoms with E-state index in [1.165, 1.54) is 0 Å². The van der Waals surface area contributed by atoms with Gasteiger partial charge in [0.1, 0.15) is 5.69 Å². The monoisotopic (exact) mass is 416 g/mol. The molecule has 7 nitrogen and oxygen atoms in total. The average molecular weight is 417 g/mol. The van der Waals surface area contributed by atoms with E-state index in [4.69, 9.17) is 18.9 Å². The van der Waals surface area contributed by atoms with Crippen LogP contribution in [0.3, 0.4) is 0 Å². The van der Waals surface area contributed by atoms with Crippen molar-refractivity contribution in [2.75, 3.05) is 34.5 Å². The minimum Gasteiger partial charge on any atom is -0.493 e. The first-order valence-corrected chi connectivity index (χ1v) is 10.5. The van der Waals surface area contributed by atoms with Crippen molar-refractivity contribution < 1.29 is 23.7 Å². The fourth-order valence-corrected chi connectivity index (χ4v) is 3.84. The van der Waals surface area contributed by atoms with Crippen molar-refractivity contribution in [2.45, 2.75) is 45.6 Å². The number of methoxy groups -OCH3 is 3. The molecular weight excluding hydrogens is 384 g/mol. The zero-order valence-corrected chi connectivity index (χ0v) is 18.5. The Labute approximate surface area is 178 Å². The molecule has 0 amide bonds. The second kappa shape index (κ2) is 9.89. The third-order valence-electron chi connectivity index (χ3n) is 5.28. The first-order chi connectivity index (χ1) is 14.6. The smallest absolute Gasteiger partial charge is 0.355 e. The molecule has 0 bridgehead atoms. The van der Waals surface area contributed by atoms with Gasteiger partial charge in [-0.1, -0.05) is 6.92 Å². The third kappa shape index (κ3) is 4.26. The van der Waals surface area contributed by atoms with Crippen molar-refractivity contribution in [3.8, 4) is 28.4 Å². The molecule has 1 saturated carbocycles. The Balaban J connectivity index is 2.23. The van der Waals surface area contributed by atoms with Crippen molar-refractivity contribution in [1.82, 2.24) is 10.3 Å². The van der Waals surface area contributed by atoms with E-state index >= 15 is 0 Å². The maximum Gasteiger partial charge on any atom is 0.355 e. The minimum absolute atomic E-state index is 0.318. The van der Waals surface area contributed by atoms with Crippen LogP contribution in [0.15, 0.2) is 12.1 Å². The van der Waals surface area contributed by atoms with Crippen LogP contribution in [0.25, 0.3) is 11.1 Å². The van der Waals surface area contributed by atoms with Crippen LogP contribution in [0.1, 0.15) is 60.8 Å². The van der Waals surface area contributed by atoms with Gasteiger partial charge in [-0.2, -0.15) is 0 Å². The molecule has 1 aliphatic rings. The number of nitrogens with one attached hydrogen (secondary N) is 2. The van der Waals surface area contributed by atoms with Crippen molar-refractivity contribution in [3.05, 3.63) is 29.1 Å². The molecule has 1 aliphatic carbocycles. The van der Waals surface area contributed by atoms with Gasteiger partial charge < -0.3 is 29.2 Å². The summed E-state index contributed by atoms with van der Waals surface area (Å²) >= 11 is 0. The van der Waals surface area contributed by atoms with Gasteiger partial charge in [0.05, 0.1) is 27.9 Å². The predicted octanol–water partition coefficient (Wildman–Crippen LogP) is 4.26. The van der Waals surface area contributed by atoms with Crippen LogP contribution in [-0.2, 0) is 11.3 Å². The molecular formula is C23H32N2O5. The lowest BCUT2D eigenvalue weighted by Gasteiger charge is -2.17. The number of aromatic amines is 1. The first-order valence-electron chi connectivity index (χ1n) is 10.5. The Morgan fingerprint density at radius 1 is 1.10 bits per heavy atom. The van der Waals surface area contributed by atoms with Crippen LogP contribution in [0.2, 0.25) is 0 Å². The zero-order valence-electron chi connectivity index (χ0n) is 18.5. The molecule has 1 aromatic heterocycles. The lowest BCUT2D eigenvalue weighted by Crippen LogP contribution is -2.15. The Bertz CT molecular complexity index is 886. The number of rotatable bonds is 11. The fraction of sp³-hybridized carbons (Fsp3) is 0.522. The number of benzene rings is 1. The highest BCUT2D eigenvalue weighted by Gasteiger charge is 2.36. The number of H-pyrrole nitrogens is 1. The number of carbonyl (C=O) groups is 1. The fourth-order valence-electron chi connectivity index (χ4n) is 3.84. The van der Waals surface area contributed by atoms with Crippen LogP contribution < -0.4 is 19.5 Å². The number of aromatic nitrogens is 1. The van der Waals surface area contributed by atoms with E-state index < -0.39 is 0 Å². The summed E-state index contributed by atoms with van der Waals surface area (Å²) in [5.41, 5.74) is 4.35. The molecule has 7 heteroatoms. The molecule has 1 heterocycles. The normalized spacial score (nSPS) is 13.2. The minimum atomic E-state index is -0.318. The molecule has 1 aromatic carbocycles. The average Bonchev–Trinajstić information content (AvgIpc) is 3.53. The van der Waals surface area contributed by atoms with Crippen molar-refractivity contribution >= 4 is 5.97 Å². The summed E-state index contributed by atoms with van der Waals surface area (Å²) in [5.74, 6) is 1.73. The predicted molar refractivity (Wildman–Crippen MR) is 116 cm³/mol. The number of hydrogen-bond acceptors (Lipinski definition) is 6. The Morgan fingerprint density at radius 3 is 2.40 bits per heavy atom. The van der Waals surface area contributed by atoms with Crippen LogP contribution >= 0.6 is 0 Å². The zero-order chi connectivity index (χ0) is 21.7. The molecule has 0 atom stereocenters. The first kappa shape index (κ1) is 22.0. The summed E-state index contributed by atoms with van der Waals surface area (Å²) in [6.45, 7) is 5.77. The molecule has 2 aromatic rings. The highest BCUT2D eigenvalue weighted by atomic mass is 16.5. The summed E-state index contributed by atoms with van der Waals surface area (Å²) in [6, 6.07) is 3.83. The van der Waals surface area contributed by atoms with Crippen LogP contribution in [-0.4, -0.2) is 45.4 Å². The Hall–Kier alpha value is -2.67. The molecule has 0 radical (unpaired) electrons. The lowest BCUT2D eigenvalue weighted by atomic mass is 9.95. The molecule has 30 heavy (non-hydrogen) atoms. The van der Waals surface area contributed by atoms with E-state index in [-0.39, 0.29) is 5.97 Å². The Kier molecular flexibility index (Phi) is 7.26. The van der Waals surface area contributed by atoms with Gasteiger partial charge in [-0.25, -0.2) is 4.79 Å². The topological polar surface area (TPSA) is 81.8 Å². The second-order valence-electron chi connectivity index (χ2n) is 7.32. The lowest BCUT2D eigenvalue weighted by molar-refractivity contribution is 0.0518. The van der Waals surface area contributed by atoms with Gasteiger partial charge in [-0.15, -0.1) is 0 Å². The van der Waals surface area contributed by atoms with Gasteiger partial charge in [0.25, 0.3) is 0 Å². The molecule has 0 saturated heterocycles. The van der Waals surface area contributed by atoms with E-state index in [1.807, 2.05) is 19.1 Å². The van der Waals surface area contributed by atoms with E-state index in [1.54, 1.807) is 21.3 Å². The number of carbonyl (C=O) groups excluding carboxylic acids is 1. The number of hydrogen-bond donors (Lipinski definition) is 2. The van der Waals surface area contributed by atoms with Gasteiger partial charge in [0.15, 0.2) is 11.5 Å². The maximum absolute atomic E-state index is 12.8. The largest absolute Gasteiger partial charge is 0.493 e. The van der Waals surface area contributed by atoms with Crippen molar-refractivity contribution in [3.63, 3.8) is 0 Å². The summed E-state index contributed by atoms with van der Waals surface area (Å²) in [4.78, 5) is 16.1. The number of esters is 1. The van der Waals surface area contributed by atoms with Gasteiger partial charge in [0.2, 0.25) is 5.75 Å². The van der Waals surface area contributed by atoms with E-state index in [9.17, 15) is 4.79 Å². The van der Waals surface area contributed by atoms with Crippen LogP contribution in [0, 0.1) is 0 Å². The Morgan fingerprint density at radius 2 is 1.83 bits per heavy atom. The standard InChI is InChI=1S/C23H32N2O5/c1-6-12-24-13-16-19(15-10-11-17(27-3)22(29-5)21(15)28-4)18(14-8-9-14)20(25-16)23(26)30-7-2/h10-11,14,24-25H,6-9,12-13H2,1-5H3. The molecule has 0 spiro atoms. The highest BCUT2D eigenvalue weighted by Crippen LogP contribution is 2.52. The molecule has 0 aliphatic heterocycles. The van der Waals surface area contributed by atoms with Crippen LogP contribution in [0.4, 0.5) is 0 Å². The molecule has 3 rings (SSSR count). The number of ether oxygens (including phenoxy) is 4.